The number of hydrogen-bond donors (Lipinski definition) is 0. The molecule has 0 radical (unpaired) electrons. The number of aromatic nitrogens is 4. The number of alkyl halides is 6. The Kier molecular flexibility index (Phi) is 7.67. The summed E-state index contributed by atoms with van der Waals surface area (Å²) >= 11 is 0. The third-order valence-corrected chi connectivity index (χ3v) is 8.73. The van der Waals surface area contributed by atoms with Crippen LogP contribution < -0.4 is 0 Å². The average Bonchev–Trinajstić information content (AvgIpc) is 3.48. The van der Waals surface area contributed by atoms with Crippen molar-refractivity contribution in [1.82, 2.24) is 19.5 Å². The SMILES string of the molecule is FC(F)(F)c1ccc(-c2ccc(-n3c4ccccc4c4ccc(C(F)(F)F)cc43)cc2-c2nc(-c3ccccc3)nc(-c3ccccc3)n2)cc1. The molecule has 0 aliphatic rings. The Labute approximate surface area is 287 Å². The van der Waals surface area contributed by atoms with Crippen molar-refractivity contribution in [2.45, 2.75) is 12.4 Å². The Bertz CT molecular complexity index is 2480. The van der Waals surface area contributed by atoms with Gasteiger partial charge in [0.25, 0.3) is 0 Å². The van der Waals surface area contributed by atoms with E-state index in [0.29, 0.717) is 61.6 Å². The molecule has 4 nitrogen and oxygen atoms in total. The average molecular weight is 687 g/mol. The number of nitrogens with zero attached hydrogens (tertiary/aromatic N) is 4. The Balaban J connectivity index is 1.42. The molecular formula is C41H24F6N4. The van der Waals surface area contributed by atoms with E-state index in [0.717, 1.165) is 29.7 Å². The van der Waals surface area contributed by atoms with Crippen LogP contribution in [0.15, 0.2) is 146 Å². The molecule has 8 aromatic rings. The predicted molar refractivity (Wildman–Crippen MR) is 186 cm³/mol. The van der Waals surface area contributed by atoms with Crippen LogP contribution >= 0.6 is 0 Å². The normalized spacial score (nSPS) is 12.1. The number of para-hydroxylation sites is 1. The van der Waals surface area contributed by atoms with Crippen molar-refractivity contribution in [1.29, 1.82) is 0 Å². The molecule has 250 valence electrons. The lowest BCUT2D eigenvalue weighted by atomic mass is 9.97. The van der Waals surface area contributed by atoms with E-state index < -0.39 is 23.5 Å². The molecule has 0 aliphatic carbocycles. The van der Waals surface area contributed by atoms with Gasteiger partial charge in [-0.05, 0) is 53.6 Å². The molecule has 6 aromatic carbocycles. The van der Waals surface area contributed by atoms with Crippen LogP contribution in [0.25, 0.3) is 72.8 Å². The van der Waals surface area contributed by atoms with E-state index in [1.165, 1.54) is 18.2 Å². The second kappa shape index (κ2) is 12.2. The highest BCUT2D eigenvalue weighted by atomic mass is 19.4. The fraction of sp³-hybridized carbons (Fsp3) is 0.0488. The van der Waals surface area contributed by atoms with Crippen LogP contribution in [0, 0.1) is 0 Å². The molecule has 10 heteroatoms. The van der Waals surface area contributed by atoms with Crippen molar-refractivity contribution < 1.29 is 26.3 Å². The molecule has 51 heavy (non-hydrogen) atoms. The molecule has 0 bridgehead atoms. The van der Waals surface area contributed by atoms with Gasteiger partial charge in [0.2, 0.25) is 0 Å². The smallest absolute Gasteiger partial charge is 0.309 e. The minimum atomic E-state index is -4.57. The maximum Gasteiger partial charge on any atom is 0.416 e. The van der Waals surface area contributed by atoms with Gasteiger partial charge < -0.3 is 4.57 Å². The number of hydrogen-bond acceptors (Lipinski definition) is 3. The van der Waals surface area contributed by atoms with Crippen LogP contribution in [0.3, 0.4) is 0 Å². The largest absolute Gasteiger partial charge is 0.416 e. The molecule has 0 N–H and O–H groups in total. The summed E-state index contributed by atoms with van der Waals surface area (Å²) in [6.45, 7) is 0. The molecule has 0 spiro atoms. The summed E-state index contributed by atoms with van der Waals surface area (Å²) in [6, 6.07) is 39.6. The Morgan fingerprint density at radius 3 is 1.53 bits per heavy atom. The van der Waals surface area contributed by atoms with E-state index in [1.54, 1.807) is 22.8 Å². The lowest BCUT2D eigenvalue weighted by Crippen LogP contribution is -2.05. The minimum Gasteiger partial charge on any atom is -0.309 e. The van der Waals surface area contributed by atoms with Gasteiger partial charge in [-0.1, -0.05) is 103 Å². The van der Waals surface area contributed by atoms with Crippen molar-refractivity contribution in [2.75, 3.05) is 0 Å². The van der Waals surface area contributed by atoms with Crippen LogP contribution in [-0.4, -0.2) is 19.5 Å². The summed E-state index contributed by atoms with van der Waals surface area (Å²) in [7, 11) is 0. The van der Waals surface area contributed by atoms with E-state index in [-0.39, 0.29) is 5.82 Å². The topological polar surface area (TPSA) is 43.6 Å². The van der Waals surface area contributed by atoms with Crippen LogP contribution in [0.2, 0.25) is 0 Å². The zero-order chi connectivity index (χ0) is 35.3. The molecule has 0 atom stereocenters. The first-order valence-electron chi connectivity index (χ1n) is 15.8. The van der Waals surface area contributed by atoms with Gasteiger partial charge in [0.15, 0.2) is 17.5 Å². The first-order valence-corrected chi connectivity index (χ1v) is 15.8. The highest BCUT2D eigenvalue weighted by Crippen LogP contribution is 2.40. The standard InChI is InChI=1S/C41H24F6N4/c42-40(43,44)28-17-15-25(16-18-28)31-22-20-30(51-35-14-8-7-13-32(35)33-21-19-29(23-36(33)51)41(45,46)47)24-34(31)39-49-37(26-9-3-1-4-10-26)48-38(50-39)27-11-5-2-6-12-27/h1-24H. The maximum atomic E-state index is 14.0. The van der Waals surface area contributed by atoms with E-state index in [4.69, 9.17) is 15.0 Å². The molecule has 0 amide bonds. The summed E-state index contributed by atoms with van der Waals surface area (Å²) in [5.74, 6) is 0.973. The molecule has 2 heterocycles. The first kappa shape index (κ1) is 31.9. The summed E-state index contributed by atoms with van der Waals surface area (Å²) in [5, 5.41) is 1.39. The molecule has 0 saturated heterocycles. The third-order valence-electron chi connectivity index (χ3n) is 8.73. The van der Waals surface area contributed by atoms with Gasteiger partial charge in [-0.2, -0.15) is 26.3 Å². The van der Waals surface area contributed by atoms with Crippen LogP contribution in [0.1, 0.15) is 11.1 Å². The molecule has 0 unspecified atom stereocenters. The number of fused-ring (bicyclic) bond motifs is 3. The lowest BCUT2D eigenvalue weighted by Gasteiger charge is -2.16. The highest BCUT2D eigenvalue weighted by Gasteiger charge is 2.32. The van der Waals surface area contributed by atoms with Crippen molar-refractivity contribution in [3.05, 3.63) is 157 Å². The second-order valence-corrected chi connectivity index (χ2v) is 11.9. The van der Waals surface area contributed by atoms with E-state index in [1.807, 2.05) is 84.9 Å². The summed E-state index contributed by atoms with van der Waals surface area (Å²) in [4.78, 5) is 14.5. The quantitative estimate of drug-likeness (QED) is 0.169. The minimum absolute atomic E-state index is 0.233. The zero-order valence-corrected chi connectivity index (χ0v) is 26.4. The van der Waals surface area contributed by atoms with E-state index >= 15 is 0 Å². The monoisotopic (exact) mass is 686 g/mol. The summed E-state index contributed by atoms with van der Waals surface area (Å²) < 4.78 is 84.3. The van der Waals surface area contributed by atoms with Crippen LogP contribution in [0.4, 0.5) is 26.3 Å². The molecule has 0 saturated carbocycles. The summed E-state index contributed by atoms with van der Waals surface area (Å²) in [6.07, 6.45) is -9.10. The van der Waals surface area contributed by atoms with Crippen molar-refractivity contribution >= 4 is 21.8 Å². The number of rotatable bonds is 5. The number of halogens is 6. The van der Waals surface area contributed by atoms with Crippen LogP contribution in [-0.2, 0) is 12.4 Å². The van der Waals surface area contributed by atoms with E-state index in [9.17, 15) is 26.3 Å². The fourth-order valence-electron chi connectivity index (χ4n) is 6.30. The molecule has 8 rings (SSSR count). The predicted octanol–water partition coefficient (Wildman–Crippen LogP) is 11.7. The van der Waals surface area contributed by atoms with Crippen LogP contribution in [0.5, 0.6) is 0 Å². The lowest BCUT2D eigenvalue weighted by molar-refractivity contribution is -0.138. The molecule has 0 fully saturated rings. The number of benzene rings is 6. The second-order valence-electron chi connectivity index (χ2n) is 11.9. The Hall–Kier alpha value is -6.29. The van der Waals surface area contributed by atoms with Crippen molar-refractivity contribution in [3.8, 4) is 51.0 Å². The molecular weight excluding hydrogens is 662 g/mol. The van der Waals surface area contributed by atoms with E-state index in [2.05, 4.69) is 0 Å². The maximum absolute atomic E-state index is 14.0. The zero-order valence-electron chi connectivity index (χ0n) is 26.4. The van der Waals surface area contributed by atoms with Gasteiger partial charge in [0.05, 0.1) is 22.2 Å². The summed E-state index contributed by atoms with van der Waals surface area (Å²) in [5.41, 5.74) is 2.79. The molecule has 2 aromatic heterocycles. The Morgan fingerprint density at radius 2 is 0.922 bits per heavy atom. The van der Waals surface area contributed by atoms with Gasteiger partial charge in [0, 0.05) is 33.2 Å². The van der Waals surface area contributed by atoms with Gasteiger partial charge in [-0.15, -0.1) is 0 Å². The third kappa shape index (κ3) is 5.99. The van der Waals surface area contributed by atoms with Gasteiger partial charge in [-0.25, -0.2) is 15.0 Å². The van der Waals surface area contributed by atoms with Gasteiger partial charge in [-0.3, -0.25) is 0 Å². The first-order chi connectivity index (χ1) is 24.5. The van der Waals surface area contributed by atoms with Crippen molar-refractivity contribution in [3.63, 3.8) is 0 Å². The van der Waals surface area contributed by atoms with Gasteiger partial charge >= 0.3 is 12.4 Å². The molecule has 0 aliphatic heterocycles. The fourth-order valence-corrected chi connectivity index (χ4v) is 6.30. The highest BCUT2D eigenvalue weighted by molar-refractivity contribution is 6.09. The van der Waals surface area contributed by atoms with Gasteiger partial charge in [0.1, 0.15) is 0 Å². The Morgan fingerprint density at radius 1 is 0.392 bits per heavy atom. The van der Waals surface area contributed by atoms with Crippen molar-refractivity contribution in [2.24, 2.45) is 0 Å².